The fraction of sp³-hybridized carbons (Fsp3) is 0.154. The Kier molecular flexibility index (Phi) is 7.47. The lowest BCUT2D eigenvalue weighted by molar-refractivity contribution is 0.137. The maximum absolute atomic E-state index is 13.1. The molecule has 1 amide bonds. The van der Waals surface area contributed by atoms with Crippen LogP contribution in [0.4, 0.5) is 14.9 Å². The molecule has 1 aromatic heterocycles. The lowest BCUT2D eigenvalue weighted by atomic mass is 10.2. The summed E-state index contributed by atoms with van der Waals surface area (Å²) in [7, 11) is 3.13. The Morgan fingerprint density at radius 1 is 0.886 bits per heavy atom. The Balaban J connectivity index is 1.32. The summed E-state index contributed by atoms with van der Waals surface area (Å²) in [5.41, 5.74) is 1.22. The van der Waals surface area contributed by atoms with E-state index in [0.717, 1.165) is 5.39 Å². The topological polar surface area (TPSA) is 88.1 Å². The Morgan fingerprint density at radius 2 is 1.66 bits per heavy atom. The molecule has 4 rings (SSSR count). The Hall–Kier alpha value is -4.53. The van der Waals surface area contributed by atoms with Gasteiger partial charge in [0.2, 0.25) is 0 Å². The highest BCUT2D eigenvalue weighted by molar-refractivity contribution is 5.88. The second kappa shape index (κ2) is 11.1. The molecule has 35 heavy (non-hydrogen) atoms. The van der Waals surface area contributed by atoms with Crippen LogP contribution in [0.2, 0.25) is 0 Å². The quantitative estimate of drug-likeness (QED) is 0.304. The highest BCUT2D eigenvalue weighted by Crippen LogP contribution is 2.37. The molecular formula is C26H23FN2O6. The van der Waals surface area contributed by atoms with E-state index in [1.165, 1.54) is 18.2 Å². The fourth-order valence-corrected chi connectivity index (χ4v) is 3.27. The van der Waals surface area contributed by atoms with Gasteiger partial charge in [0, 0.05) is 29.4 Å². The minimum atomic E-state index is -0.636. The van der Waals surface area contributed by atoms with Gasteiger partial charge in [-0.05, 0) is 48.5 Å². The lowest BCUT2D eigenvalue weighted by Crippen LogP contribution is -2.17. The molecular weight excluding hydrogens is 455 g/mol. The summed E-state index contributed by atoms with van der Waals surface area (Å²) in [5.74, 6) is 2.27. The largest absolute Gasteiger partial charge is 0.493 e. The van der Waals surface area contributed by atoms with E-state index >= 15 is 0 Å². The van der Waals surface area contributed by atoms with Crippen LogP contribution in [0.1, 0.15) is 0 Å². The van der Waals surface area contributed by atoms with Crippen molar-refractivity contribution in [1.82, 2.24) is 4.98 Å². The molecule has 180 valence electrons. The van der Waals surface area contributed by atoms with Crippen molar-refractivity contribution in [2.24, 2.45) is 0 Å². The average molecular weight is 478 g/mol. The summed E-state index contributed by atoms with van der Waals surface area (Å²) >= 11 is 0. The summed E-state index contributed by atoms with van der Waals surface area (Å²) in [6.07, 6.45) is 1.01. The zero-order valence-corrected chi connectivity index (χ0v) is 19.1. The van der Waals surface area contributed by atoms with Gasteiger partial charge in [0.1, 0.15) is 36.3 Å². The van der Waals surface area contributed by atoms with Gasteiger partial charge in [-0.25, -0.2) is 9.18 Å². The van der Waals surface area contributed by atoms with E-state index in [2.05, 4.69) is 10.3 Å². The molecule has 1 heterocycles. The normalized spacial score (nSPS) is 10.5. The van der Waals surface area contributed by atoms with Gasteiger partial charge in [-0.1, -0.05) is 6.07 Å². The first-order valence-corrected chi connectivity index (χ1v) is 10.7. The molecule has 9 heteroatoms. The number of halogens is 1. The molecule has 8 nitrogen and oxygen atoms in total. The van der Waals surface area contributed by atoms with Crippen LogP contribution in [-0.4, -0.2) is 38.5 Å². The van der Waals surface area contributed by atoms with Crippen molar-refractivity contribution >= 4 is 22.7 Å². The number of hydrogen-bond acceptors (Lipinski definition) is 7. The van der Waals surface area contributed by atoms with Gasteiger partial charge in [0.05, 0.1) is 19.7 Å². The average Bonchev–Trinajstić information content (AvgIpc) is 2.87. The number of benzene rings is 3. The first-order chi connectivity index (χ1) is 17.1. The van der Waals surface area contributed by atoms with Crippen LogP contribution < -0.4 is 24.3 Å². The Morgan fingerprint density at radius 3 is 2.40 bits per heavy atom. The van der Waals surface area contributed by atoms with Crippen molar-refractivity contribution in [2.45, 2.75) is 0 Å². The van der Waals surface area contributed by atoms with Crippen molar-refractivity contribution in [3.63, 3.8) is 0 Å². The lowest BCUT2D eigenvalue weighted by Gasteiger charge is -2.13. The van der Waals surface area contributed by atoms with Gasteiger partial charge in [0.15, 0.2) is 11.5 Å². The van der Waals surface area contributed by atoms with Crippen molar-refractivity contribution in [1.29, 1.82) is 0 Å². The Labute approximate surface area is 201 Å². The molecule has 0 aliphatic rings. The summed E-state index contributed by atoms with van der Waals surface area (Å²) in [5, 5.41) is 3.39. The third-order valence-electron chi connectivity index (χ3n) is 4.92. The van der Waals surface area contributed by atoms with Gasteiger partial charge in [-0.15, -0.1) is 0 Å². The predicted octanol–water partition coefficient (Wildman–Crippen LogP) is 5.81. The third-order valence-corrected chi connectivity index (χ3v) is 4.92. The van der Waals surface area contributed by atoms with E-state index in [9.17, 15) is 9.18 Å². The van der Waals surface area contributed by atoms with Crippen molar-refractivity contribution in [3.05, 3.63) is 78.7 Å². The van der Waals surface area contributed by atoms with Gasteiger partial charge in [-0.3, -0.25) is 10.3 Å². The first-order valence-electron chi connectivity index (χ1n) is 10.7. The second-order valence-electron chi connectivity index (χ2n) is 7.23. The molecule has 0 aliphatic carbocycles. The first kappa shape index (κ1) is 23.6. The molecule has 0 aliphatic heterocycles. The maximum Gasteiger partial charge on any atom is 0.411 e. The number of amides is 1. The summed E-state index contributed by atoms with van der Waals surface area (Å²) in [6.45, 7) is 0.104. The number of fused-ring (bicyclic) bond motifs is 1. The fourth-order valence-electron chi connectivity index (χ4n) is 3.27. The summed E-state index contributed by atoms with van der Waals surface area (Å²) in [6, 6.07) is 17.9. The SMILES string of the molecule is COc1cc2nccc(Oc3ccc(NC(=O)OCCOc4cccc(F)c4)cc3)c2cc1OC. The van der Waals surface area contributed by atoms with E-state index in [0.29, 0.717) is 40.0 Å². The number of nitrogens with one attached hydrogen (secondary N) is 1. The van der Waals surface area contributed by atoms with Gasteiger partial charge < -0.3 is 23.7 Å². The van der Waals surface area contributed by atoms with E-state index in [1.807, 2.05) is 0 Å². The van der Waals surface area contributed by atoms with Crippen LogP contribution >= 0.6 is 0 Å². The second-order valence-corrected chi connectivity index (χ2v) is 7.23. The van der Waals surface area contributed by atoms with Gasteiger partial charge >= 0.3 is 6.09 Å². The van der Waals surface area contributed by atoms with Crippen molar-refractivity contribution in [3.8, 4) is 28.7 Å². The highest BCUT2D eigenvalue weighted by Gasteiger charge is 2.12. The minimum absolute atomic E-state index is 0.00685. The number of methoxy groups -OCH3 is 2. The van der Waals surface area contributed by atoms with Crippen molar-refractivity contribution in [2.75, 3.05) is 32.8 Å². The van der Waals surface area contributed by atoms with Crippen LogP contribution in [0, 0.1) is 5.82 Å². The molecule has 0 saturated carbocycles. The highest BCUT2D eigenvalue weighted by atomic mass is 19.1. The Bertz CT molecular complexity index is 1310. The van der Waals surface area contributed by atoms with E-state index in [-0.39, 0.29) is 13.2 Å². The number of anilines is 1. The molecule has 0 spiro atoms. The van der Waals surface area contributed by atoms with Gasteiger partial charge in [0.25, 0.3) is 0 Å². The summed E-state index contributed by atoms with van der Waals surface area (Å²) in [4.78, 5) is 16.4. The number of ether oxygens (including phenoxy) is 5. The van der Waals surface area contributed by atoms with Crippen molar-refractivity contribution < 1.29 is 32.9 Å². The van der Waals surface area contributed by atoms with Crippen LogP contribution in [0.5, 0.6) is 28.7 Å². The van der Waals surface area contributed by atoms with E-state index in [4.69, 9.17) is 23.7 Å². The number of carbonyl (C=O) groups excluding carboxylic acids is 1. The smallest absolute Gasteiger partial charge is 0.411 e. The monoisotopic (exact) mass is 478 g/mol. The zero-order chi connectivity index (χ0) is 24.6. The number of rotatable bonds is 9. The number of aromatic nitrogens is 1. The molecule has 0 radical (unpaired) electrons. The molecule has 0 atom stereocenters. The molecule has 0 saturated heterocycles. The standard InChI is InChI=1S/C26H23FN2O6/c1-31-24-15-21-22(16-25(24)32-2)28-11-10-23(21)35-19-8-6-18(7-9-19)29-26(30)34-13-12-33-20-5-3-4-17(27)14-20/h3-11,14-16H,12-13H2,1-2H3,(H,29,30). The van der Waals surface area contributed by atoms with E-state index in [1.54, 1.807) is 68.9 Å². The molecule has 0 unspecified atom stereocenters. The van der Waals surface area contributed by atoms with Crippen LogP contribution in [0.15, 0.2) is 72.9 Å². The minimum Gasteiger partial charge on any atom is -0.493 e. The number of hydrogen-bond donors (Lipinski definition) is 1. The van der Waals surface area contributed by atoms with Crippen LogP contribution in [0.3, 0.4) is 0 Å². The summed E-state index contributed by atoms with van der Waals surface area (Å²) < 4.78 is 40.3. The van der Waals surface area contributed by atoms with Crippen LogP contribution in [-0.2, 0) is 4.74 Å². The van der Waals surface area contributed by atoms with Gasteiger partial charge in [-0.2, -0.15) is 0 Å². The van der Waals surface area contributed by atoms with E-state index < -0.39 is 11.9 Å². The predicted molar refractivity (Wildman–Crippen MR) is 128 cm³/mol. The number of pyridine rings is 1. The molecule has 1 N–H and O–H groups in total. The molecule has 4 aromatic rings. The maximum atomic E-state index is 13.1. The number of carbonyl (C=O) groups is 1. The molecule has 0 fully saturated rings. The number of nitrogens with zero attached hydrogens (tertiary/aromatic N) is 1. The third kappa shape index (κ3) is 6.08. The zero-order valence-electron chi connectivity index (χ0n) is 19.1. The van der Waals surface area contributed by atoms with Crippen LogP contribution in [0.25, 0.3) is 10.9 Å². The molecule has 3 aromatic carbocycles. The molecule has 0 bridgehead atoms.